The molecule has 0 aliphatic rings. The lowest BCUT2D eigenvalue weighted by Gasteiger charge is -2.12. The number of ether oxygens (including phenoxy) is 1. The summed E-state index contributed by atoms with van der Waals surface area (Å²) >= 11 is 1.50. The number of hydrogen-bond acceptors (Lipinski definition) is 7. The SMILES string of the molecule is CCCCC[C@@H](O)CC(=O)O[C@H](C)c1nnc(-c2cccs2)o1. The smallest absolute Gasteiger partial charge is 0.309 e. The van der Waals surface area contributed by atoms with Gasteiger partial charge >= 0.3 is 5.97 Å². The summed E-state index contributed by atoms with van der Waals surface area (Å²) in [6, 6.07) is 3.78. The van der Waals surface area contributed by atoms with Crippen molar-refractivity contribution in [1.82, 2.24) is 10.2 Å². The molecule has 0 amide bonds. The van der Waals surface area contributed by atoms with Crippen LogP contribution in [0.3, 0.4) is 0 Å². The van der Waals surface area contributed by atoms with Crippen LogP contribution in [0.1, 0.15) is 57.9 Å². The van der Waals surface area contributed by atoms with Crippen molar-refractivity contribution in [2.75, 3.05) is 0 Å². The summed E-state index contributed by atoms with van der Waals surface area (Å²) in [6.45, 7) is 3.77. The van der Waals surface area contributed by atoms with Crippen LogP contribution in [0.5, 0.6) is 0 Å². The van der Waals surface area contributed by atoms with E-state index in [-0.39, 0.29) is 12.3 Å². The van der Waals surface area contributed by atoms with Crippen molar-refractivity contribution in [2.24, 2.45) is 0 Å². The fourth-order valence-corrected chi connectivity index (χ4v) is 2.76. The van der Waals surface area contributed by atoms with Crippen LogP contribution in [-0.2, 0) is 9.53 Å². The summed E-state index contributed by atoms with van der Waals surface area (Å²) in [7, 11) is 0. The van der Waals surface area contributed by atoms with Crippen molar-refractivity contribution >= 4 is 17.3 Å². The first kappa shape index (κ1) is 17.6. The molecule has 0 aromatic carbocycles. The molecule has 2 atom stereocenters. The highest BCUT2D eigenvalue weighted by Gasteiger charge is 2.20. The van der Waals surface area contributed by atoms with Gasteiger partial charge in [-0.25, -0.2) is 0 Å². The molecule has 2 rings (SSSR count). The second-order valence-electron chi connectivity index (χ2n) is 5.41. The van der Waals surface area contributed by atoms with E-state index in [1.165, 1.54) is 11.3 Å². The van der Waals surface area contributed by atoms with Gasteiger partial charge < -0.3 is 14.3 Å². The van der Waals surface area contributed by atoms with Crippen molar-refractivity contribution in [1.29, 1.82) is 0 Å². The van der Waals surface area contributed by atoms with Gasteiger partial charge in [0.25, 0.3) is 11.8 Å². The van der Waals surface area contributed by atoms with Crippen molar-refractivity contribution in [3.05, 3.63) is 23.4 Å². The zero-order valence-electron chi connectivity index (χ0n) is 13.4. The summed E-state index contributed by atoms with van der Waals surface area (Å²) in [4.78, 5) is 12.7. The minimum absolute atomic E-state index is 0.0139. The minimum atomic E-state index is -0.661. The van der Waals surface area contributed by atoms with Gasteiger partial charge in [-0.05, 0) is 24.8 Å². The number of thiophene rings is 1. The third kappa shape index (κ3) is 5.44. The Labute approximate surface area is 139 Å². The molecule has 2 aromatic heterocycles. The van der Waals surface area contributed by atoms with Crippen LogP contribution in [-0.4, -0.2) is 27.4 Å². The number of hydrogen-bond donors (Lipinski definition) is 1. The molecule has 23 heavy (non-hydrogen) atoms. The molecule has 0 radical (unpaired) electrons. The maximum absolute atomic E-state index is 11.8. The predicted octanol–water partition coefficient (Wildman–Crippen LogP) is 3.73. The first-order valence-electron chi connectivity index (χ1n) is 7.85. The lowest BCUT2D eigenvalue weighted by atomic mass is 10.1. The Balaban J connectivity index is 1.82. The quantitative estimate of drug-likeness (QED) is 0.554. The standard InChI is InChI=1S/C16H22N2O4S/c1-3-4-5-7-12(19)10-14(20)21-11(2)15-17-18-16(22-15)13-8-6-9-23-13/h6,8-9,11-12,19H,3-5,7,10H2,1-2H3/t11-,12-/m1/s1. The number of carbonyl (C=O) groups excluding carboxylic acids is 1. The molecule has 6 nitrogen and oxygen atoms in total. The highest BCUT2D eigenvalue weighted by molar-refractivity contribution is 7.13. The molecule has 1 N–H and O–H groups in total. The Bertz CT molecular complexity index is 597. The number of nitrogens with zero attached hydrogens (tertiary/aromatic N) is 2. The zero-order valence-corrected chi connectivity index (χ0v) is 14.2. The van der Waals surface area contributed by atoms with Gasteiger partial charge in [0, 0.05) is 0 Å². The molecule has 0 unspecified atom stereocenters. The highest BCUT2D eigenvalue weighted by Crippen LogP contribution is 2.26. The Morgan fingerprint density at radius 3 is 2.96 bits per heavy atom. The van der Waals surface area contributed by atoms with Gasteiger partial charge in [-0.2, -0.15) is 0 Å². The second-order valence-corrected chi connectivity index (χ2v) is 6.36. The maximum Gasteiger partial charge on any atom is 0.309 e. The molecule has 0 spiro atoms. The number of rotatable bonds is 9. The molecule has 0 saturated carbocycles. The Kier molecular flexibility index (Phi) is 6.73. The van der Waals surface area contributed by atoms with Crippen molar-refractivity contribution in [3.8, 4) is 10.8 Å². The number of aliphatic hydroxyl groups is 1. The van der Waals surface area contributed by atoms with E-state index in [0.29, 0.717) is 12.3 Å². The fourth-order valence-electron chi connectivity index (χ4n) is 2.12. The monoisotopic (exact) mass is 338 g/mol. The van der Waals surface area contributed by atoms with Crippen molar-refractivity contribution < 1.29 is 19.1 Å². The van der Waals surface area contributed by atoms with E-state index in [9.17, 15) is 9.90 Å². The van der Waals surface area contributed by atoms with E-state index in [0.717, 1.165) is 24.1 Å². The molecule has 126 valence electrons. The summed E-state index contributed by atoms with van der Waals surface area (Å²) in [6.07, 6.45) is 2.35. The molecule has 0 aliphatic carbocycles. The maximum atomic E-state index is 11.8. The highest BCUT2D eigenvalue weighted by atomic mass is 32.1. The number of unbranched alkanes of at least 4 members (excludes halogenated alkanes) is 2. The van der Waals surface area contributed by atoms with Crippen LogP contribution < -0.4 is 0 Å². The lowest BCUT2D eigenvalue weighted by molar-refractivity contribution is -0.152. The number of aromatic nitrogens is 2. The number of esters is 1. The summed E-state index contributed by atoms with van der Waals surface area (Å²) in [5.41, 5.74) is 0. The van der Waals surface area contributed by atoms with Gasteiger partial charge in [0.1, 0.15) is 0 Å². The van der Waals surface area contributed by atoms with Crippen LogP contribution in [0, 0.1) is 0 Å². The molecule has 0 aliphatic heterocycles. The van der Waals surface area contributed by atoms with E-state index < -0.39 is 18.2 Å². The van der Waals surface area contributed by atoms with E-state index >= 15 is 0 Å². The predicted molar refractivity (Wildman–Crippen MR) is 86.9 cm³/mol. The van der Waals surface area contributed by atoms with Gasteiger partial charge in [0.15, 0.2) is 6.10 Å². The summed E-state index contributed by atoms with van der Waals surface area (Å²) in [5.74, 6) is 0.206. The first-order chi connectivity index (χ1) is 11.1. The Morgan fingerprint density at radius 1 is 1.43 bits per heavy atom. The van der Waals surface area contributed by atoms with E-state index in [1.54, 1.807) is 6.92 Å². The number of aliphatic hydroxyl groups excluding tert-OH is 1. The average molecular weight is 338 g/mol. The van der Waals surface area contributed by atoms with E-state index in [2.05, 4.69) is 17.1 Å². The molecule has 2 aromatic rings. The third-order valence-corrected chi connectivity index (χ3v) is 4.23. The van der Waals surface area contributed by atoms with E-state index in [1.807, 2.05) is 17.5 Å². The summed E-state index contributed by atoms with van der Waals surface area (Å²) < 4.78 is 10.8. The van der Waals surface area contributed by atoms with Gasteiger partial charge in [-0.15, -0.1) is 21.5 Å². The minimum Gasteiger partial charge on any atom is -0.452 e. The van der Waals surface area contributed by atoms with Gasteiger partial charge in [0.05, 0.1) is 17.4 Å². The van der Waals surface area contributed by atoms with Crippen molar-refractivity contribution in [3.63, 3.8) is 0 Å². The van der Waals surface area contributed by atoms with Crippen LogP contribution in [0.4, 0.5) is 0 Å². The van der Waals surface area contributed by atoms with Crippen LogP contribution in [0.25, 0.3) is 10.8 Å². The molecule has 2 heterocycles. The average Bonchev–Trinajstić information content (AvgIpc) is 3.18. The lowest BCUT2D eigenvalue weighted by Crippen LogP contribution is -2.17. The number of carbonyl (C=O) groups is 1. The zero-order chi connectivity index (χ0) is 16.7. The van der Waals surface area contributed by atoms with Crippen LogP contribution in [0.15, 0.2) is 21.9 Å². The third-order valence-electron chi connectivity index (χ3n) is 3.37. The molecule has 7 heteroatoms. The Hall–Kier alpha value is -1.73. The van der Waals surface area contributed by atoms with Gasteiger partial charge in [-0.3, -0.25) is 4.79 Å². The van der Waals surface area contributed by atoms with Crippen molar-refractivity contribution in [2.45, 2.75) is 58.2 Å². The van der Waals surface area contributed by atoms with Crippen LogP contribution >= 0.6 is 11.3 Å². The topological polar surface area (TPSA) is 85.5 Å². The largest absolute Gasteiger partial charge is 0.452 e. The molecule has 0 fully saturated rings. The second kappa shape index (κ2) is 8.79. The molecular formula is C16H22N2O4S. The van der Waals surface area contributed by atoms with E-state index in [4.69, 9.17) is 9.15 Å². The fraction of sp³-hybridized carbons (Fsp3) is 0.562. The Morgan fingerprint density at radius 2 is 2.26 bits per heavy atom. The summed E-state index contributed by atoms with van der Waals surface area (Å²) in [5, 5.41) is 19.6. The normalized spacial score (nSPS) is 13.7. The molecular weight excluding hydrogens is 316 g/mol. The molecule has 0 bridgehead atoms. The van der Waals surface area contributed by atoms with Gasteiger partial charge in [-0.1, -0.05) is 32.3 Å². The molecule has 0 saturated heterocycles. The van der Waals surface area contributed by atoms with Gasteiger partial charge in [0.2, 0.25) is 0 Å². The van der Waals surface area contributed by atoms with Crippen LogP contribution in [0.2, 0.25) is 0 Å². The first-order valence-corrected chi connectivity index (χ1v) is 8.73.